The van der Waals surface area contributed by atoms with Gasteiger partial charge in [-0.2, -0.15) is 5.26 Å². The van der Waals surface area contributed by atoms with Gasteiger partial charge in [0.15, 0.2) is 0 Å². The molecule has 0 rings (SSSR count). The van der Waals surface area contributed by atoms with E-state index in [0.717, 1.165) is 19.3 Å². The summed E-state index contributed by atoms with van der Waals surface area (Å²) in [5.41, 5.74) is 5.82. The quantitative estimate of drug-likeness (QED) is 0.714. The standard InChI is InChI=1S/C12H23N3O/c1-4-6-7-11(14)12(16)15(5-2)9-10(3)8-13/h10-11H,4-7,9,14H2,1-3H3. The Labute approximate surface area is 98.4 Å². The maximum Gasteiger partial charge on any atom is 0.239 e. The van der Waals surface area contributed by atoms with Crippen LogP contribution in [0.5, 0.6) is 0 Å². The molecular weight excluding hydrogens is 202 g/mol. The predicted octanol–water partition coefficient (Wildman–Crippen LogP) is 1.51. The molecule has 0 aliphatic carbocycles. The van der Waals surface area contributed by atoms with Crippen LogP contribution in [0.4, 0.5) is 0 Å². The maximum absolute atomic E-state index is 11.9. The van der Waals surface area contributed by atoms with Gasteiger partial charge in [-0.05, 0) is 20.3 Å². The smallest absolute Gasteiger partial charge is 0.239 e. The van der Waals surface area contributed by atoms with Crippen molar-refractivity contribution >= 4 is 5.91 Å². The number of likely N-dealkylation sites (N-methyl/N-ethyl adjacent to an activating group) is 1. The van der Waals surface area contributed by atoms with Gasteiger partial charge in [0.1, 0.15) is 0 Å². The molecule has 4 heteroatoms. The van der Waals surface area contributed by atoms with Gasteiger partial charge in [0, 0.05) is 13.1 Å². The van der Waals surface area contributed by atoms with E-state index in [4.69, 9.17) is 11.0 Å². The first kappa shape index (κ1) is 14.9. The summed E-state index contributed by atoms with van der Waals surface area (Å²) in [6.07, 6.45) is 2.74. The van der Waals surface area contributed by atoms with Gasteiger partial charge in [0.05, 0.1) is 18.0 Å². The Hall–Kier alpha value is -1.08. The number of hydrogen-bond donors (Lipinski definition) is 1. The van der Waals surface area contributed by atoms with Crippen molar-refractivity contribution in [1.29, 1.82) is 5.26 Å². The third-order valence-electron chi connectivity index (χ3n) is 2.59. The normalized spacial score (nSPS) is 13.9. The molecule has 2 unspecified atom stereocenters. The summed E-state index contributed by atoms with van der Waals surface area (Å²) in [6, 6.07) is 1.72. The van der Waals surface area contributed by atoms with Crippen LogP contribution in [0.3, 0.4) is 0 Å². The van der Waals surface area contributed by atoms with Crippen LogP contribution >= 0.6 is 0 Å². The maximum atomic E-state index is 11.9. The van der Waals surface area contributed by atoms with Crippen molar-refractivity contribution in [2.24, 2.45) is 11.7 Å². The molecule has 1 amide bonds. The van der Waals surface area contributed by atoms with E-state index in [-0.39, 0.29) is 11.8 Å². The number of hydrogen-bond acceptors (Lipinski definition) is 3. The number of carbonyl (C=O) groups excluding carboxylic acids is 1. The van der Waals surface area contributed by atoms with Gasteiger partial charge >= 0.3 is 0 Å². The molecule has 0 bridgehead atoms. The Morgan fingerprint density at radius 3 is 2.56 bits per heavy atom. The average molecular weight is 225 g/mol. The molecule has 0 saturated carbocycles. The molecule has 0 saturated heterocycles. The van der Waals surface area contributed by atoms with Crippen molar-refractivity contribution in [2.75, 3.05) is 13.1 Å². The molecule has 0 aliphatic heterocycles. The van der Waals surface area contributed by atoms with E-state index < -0.39 is 6.04 Å². The van der Waals surface area contributed by atoms with Gasteiger partial charge in [0.25, 0.3) is 0 Å². The lowest BCUT2D eigenvalue weighted by molar-refractivity contribution is -0.132. The van der Waals surface area contributed by atoms with E-state index in [2.05, 4.69) is 13.0 Å². The van der Waals surface area contributed by atoms with Crippen molar-refractivity contribution in [2.45, 2.75) is 46.1 Å². The molecule has 0 radical (unpaired) electrons. The molecule has 0 spiro atoms. The zero-order valence-electron chi connectivity index (χ0n) is 10.6. The number of unbranched alkanes of at least 4 members (excludes halogenated alkanes) is 1. The summed E-state index contributed by atoms with van der Waals surface area (Å²) in [4.78, 5) is 13.6. The molecule has 0 heterocycles. The fraction of sp³-hybridized carbons (Fsp3) is 0.833. The van der Waals surface area contributed by atoms with E-state index in [1.807, 2.05) is 13.8 Å². The number of rotatable bonds is 7. The first-order valence-corrected chi connectivity index (χ1v) is 6.00. The van der Waals surface area contributed by atoms with Crippen LogP contribution < -0.4 is 5.73 Å². The first-order valence-electron chi connectivity index (χ1n) is 6.00. The number of nitrogens with zero attached hydrogens (tertiary/aromatic N) is 2. The van der Waals surface area contributed by atoms with Crippen molar-refractivity contribution in [3.05, 3.63) is 0 Å². The zero-order valence-corrected chi connectivity index (χ0v) is 10.6. The Bertz CT molecular complexity index is 247. The molecule has 0 fully saturated rings. The highest BCUT2D eigenvalue weighted by molar-refractivity contribution is 5.81. The zero-order chi connectivity index (χ0) is 12.6. The highest BCUT2D eigenvalue weighted by atomic mass is 16.2. The third kappa shape index (κ3) is 5.13. The highest BCUT2D eigenvalue weighted by Gasteiger charge is 2.20. The molecule has 2 N–H and O–H groups in total. The van der Waals surface area contributed by atoms with E-state index in [1.54, 1.807) is 4.90 Å². The number of nitriles is 1. The van der Waals surface area contributed by atoms with E-state index in [9.17, 15) is 4.79 Å². The van der Waals surface area contributed by atoms with Crippen LogP contribution in [0.1, 0.15) is 40.0 Å². The van der Waals surface area contributed by atoms with Crippen LogP contribution in [0.2, 0.25) is 0 Å². The Kier molecular flexibility index (Phi) is 7.57. The SMILES string of the molecule is CCCCC(N)C(=O)N(CC)CC(C)C#N. The van der Waals surface area contributed by atoms with Crippen molar-refractivity contribution in [3.8, 4) is 6.07 Å². The second kappa shape index (κ2) is 8.12. The fourth-order valence-corrected chi connectivity index (χ4v) is 1.53. The Morgan fingerprint density at radius 1 is 1.50 bits per heavy atom. The summed E-state index contributed by atoms with van der Waals surface area (Å²) < 4.78 is 0. The summed E-state index contributed by atoms with van der Waals surface area (Å²) in [7, 11) is 0. The van der Waals surface area contributed by atoms with Crippen LogP contribution in [-0.2, 0) is 4.79 Å². The van der Waals surface area contributed by atoms with Crippen LogP contribution in [0, 0.1) is 17.2 Å². The van der Waals surface area contributed by atoms with Gasteiger partial charge in [-0.15, -0.1) is 0 Å². The summed E-state index contributed by atoms with van der Waals surface area (Å²) in [5, 5.41) is 8.72. The molecule has 2 atom stereocenters. The Balaban J connectivity index is 4.24. The minimum absolute atomic E-state index is 0.0296. The van der Waals surface area contributed by atoms with Gasteiger partial charge in [-0.25, -0.2) is 0 Å². The molecule has 16 heavy (non-hydrogen) atoms. The molecule has 4 nitrogen and oxygen atoms in total. The summed E-state index contributed by atoms with van der Waals surface area (Å²) >= 11 is 0. The van der Waals surface area contributed by atoms with Crippen LogP contribution in [0.15, 0.2) is 0 Å². The first-order chi connectivity index (χ1) is 7.56. The lowest BCUT2D eigenvalue weighted by Crippen LogP contribution is -2.45. The highest BCUT2D eigenvalue weighted by Crippen LogP contribution is 2.05. The lowest BCUT2D eigenvalue weighted by atomic mass is 10.1. The minimum atomic E-state index is -0.411. The topological polar surface area (TPSA) is 70.1 Å². The number of amides is 1. The van der Waals surface area contributed by atoms with Crippen molar-refractivity contribution < 1.29 is 4.79 Å². The fourth-order valence-electron chi connectivity index (χ4n) is 1.53. The van der Waals surface area contributed by atoms with Crippen LogP contribution in [0.25, 0.3) is 0 Å². The third-order valence-corrected chi connectivity index (χ3v) is 2.59. The monoisotopic (exact) mass is 225 g/mol. The van der Waals surface area contributed by atoms with Gasteiger partial charge in [-0.3, -0.25) is 4.79 Å². The molecule has 0 aromatic heterocycles. The predicted molar refractivity (Wildman–Crippen MR) is 64.5 cm³/mol. The second-order valence-electron chi connectivity index (χ2n) is 4.16. The number of nitrogens with two attached hydrogens (primary N) is 1. The van der Waals surface area contributed by atoms with E-state index in [1.165, 1.54) is 0 Å². The van der Waals surface area contributed by atoms with E-state index >= 15 is 0 Å². The molecule has 0 aromatic carbocycles. The second-order valence-corrected chi connectivity index (χ2v) is 4.16. The lowest BCUT2D eigenvalue weighted by Gasteiger charge is -2.25. The summed E-state index contributed by atoms with van der Waals surface area (Å²) in [6.45, 7) is 6.89. The van der Waals surface area contributed by atoms with Crippen LogP contribution in [-0.4, -0.2) is 29.9 Å². The summed E-state index contributed by atoms with van der Waals surface area (Å²) in [5.74, 6) is -0.166. The minimum Gasteiger partial charge on any atom is -0.340 e. The Morgan fingerprint density at radius 2 is 2.12 bits per heavy atom. The molecule has 0 aromatic rings. The van der Waals surface area contributed by atoms with Crippen molar-refractivity contribution in [1.82, 2.24) is 4.90 Å². The van der Waals surface area contributed by atoms with Crippen molar-refractivity contribution in [3.63, 3.8) is 0 Å². The largest absolute Gasteiger partial charge is 0.340 e. The molecule has 92 valence electrons. The number of carbonyl (C=O) groups is 1. The average Bonchev–Trinajstić information content (AvgIpc) is 2.31. The van der Waals surface area contributed by atoms with Gasteiger partial charge < -0.3 is 10.6 Å². The molecular formula is C12H23N3O. The van der Waals surface area contributed by atoms with Gasteiger partial charge in [-0.1, -0.05) is 19.8 Å². The van der Waals surface area contributed by atoms with Gasteiger partial charge in [0.2, 0.25) is 5.91 Å². The van der Waals surface area contributed by atoms with E-state index in [0.29, 0.717) is 13.1 Å². The molecule has 0 aliphatic rings.